The molecule has 0 amide bonds. The molecule has 0 radical (unpaired) electrons. The van der Waals surface area contributed by atoms with Crippen LogP contribution in [0.5, 0.6) is 0 Å². The lowest BCUT2D eigenvalue weighted by molar-refractivity contribution is 1.18. The van der Waals surface area contributed by atoms with E-state index >= 15 is 0 Å². The normalized spacial score (nSPS) is 12.0. The molecule has 0 bridgehead atoms. The molecule has 0 N–H and O–H groups in total. The standard InChI is InChI=1S/C78H47NS/c1-2-18-48(19-3-1)76-63-29-12-14-31-65(63)77(66-32-15-13-30-64(66)76)49-34-38-55(39-35-49)79-73-33-17-16-28-62(73)70-44-53(36-40-74(70)79)69-46-54(68-43-51-21-5-7-23-57(51)59-25-9-11-27-61(59)68)47-72-71-45-52(37-41-75(71)80-78(69)72)67-42-50-20-4-6-22-56(50)58-24-8-10-26-60(58)67/h1-47H. The first-order valence-electron chi connectivity index (χ1n) is 27.6. The maximum atomic E-state index is 2.48. The van der Waals surface area contributed by atoms with Crippen LogP contribution in [-0.2, 0) is 0 Å². The lowest BCUT2D eigenvalue weighted by Crippen LogP contribution is -1.95. The Morgan fingerprint density at radius 3 is 1.26 bits per heavy atom. The number of hydrogen-bond donors (Lipinski definition) is 0. The fourth-order valence-electron chi connectivity index (χ4n) is 13.6. The lowest BCUT2D eigenvalue weighted by atomic mass is 9.86. The van der Waals surface area contributed by atoms with Crippen LogP contribution >= 0.6 is 11.3 Å². The van der Waals surface area contributed by atoms with E-state index in [0.717, 1.165) is 5.69 Å². The summed E-state index contributed by atoms with van der Waals surface area (Å²) in [7, 11) is 0. The highest BCUT2D eigenvalue weighted by Gasteiger charge is 2.21. The Morgan fingerprint density at radius 1 is 0.225 bits per heavy atom. The molecule has 17 rings (SSSR count). The van der Waals surface area contributed by atoms with Gasteiger partial charge >= 0.3 is 0 Å². The van der Waals surface area contributed by atoms with Crippen molar-refractivity contribution in [1.82, 2.24) is 4.57 Å². The molecule has 0 unspecified atom stereocenters. The highest BCUT2D eigenvalue weighted by Crippen LogP contribution is 2.49. The van der Waals surface area contributed by atoms with Gasteiger partial charge in [0.15, 0.2) is 0 Å². The monoisotopic (exact) mass is 1030 g/mol. The quantitative estimate of drug-likeness (QED) is 0.116. The summed E-state index contributed by atoms with van der Waals surface area (Å²) in [4.78, 5) is 0. The molecule has 1 nitrogen and oxygen atoms in total. The van der Waals surface area contributed by atoms with Crippen molar-refractivity contribution in [2.45, 2.75) is 0 Å². The first kappa shape index (κ1) is 45.0. The second-order valence-electron chi connectivity index (χ2n) is 21.4. The van der Waals surface area contributed by atoms with Crippen LogP contribution in [0.25, 0.3) is 168 Å². The van der Waals surface area contributed by atoms with Crippen LogP contribution in [-0.4, -0.2) is 4.57 Å². The van der Waals surface area contributed by atoms with Gasteiger partial charge in [0.05, 0.1) is 11.0 Å². The van der Waals surface area contributed by atoms with Crippen molar-refractivity contribution in [1.29, 1.82) is 0 Å². The van der Waals surface area contributed by atoms with Crippen molar-refractivity contribution in [3.05, 3.63) is 285 Å². The van der Waals surface area contributed by atoms with Crippen molar-refractivity contribution in [2.24, 2.45) is 0 Å². The Kier molecular flexibility index (Phi) is 9.95. The molecule has 0 spiro atoms. The first-order valence-corrected chi connectivity index (χ1v) is 28.5. The van der Waals surface area contributed by atoms with Gasteiger partial charge < -0.3 is 4.57 Å². The SMILES string of the molecule is c1ccc(-c2c3ccccc3c(-c3ccc(-n4c5ccccc5c5cc(-c6cc(-c7cc8ccccc8c8ccccc78)cc7c6sc6ccc(-c8cc9ccccc9c9ccccc89)cc67)ccc54)cc3)c3ccccc23)cc1. The Bertz CT molecular complexity index is 5350. The molecule has 0 aliphatic rings. The van der Waals surface area contributed by atoms with Gasteiger partial charge in [-0.1, -0.05) is 218 Å². The molecule has 0 atom stereocenters. The third-order valence-electron chi connectivity index (χ3n) is 17.1. The molecule has 0 aliphatic carbocycles. The molecular weight excluding hydrogens is 983 g/mol. The van der Waals surface area contributed by atoms with E-state index in [9.17, 15) is 0 Å². The molecule has 17 aromatic rings. The van der Waals surface area contributed by atoms with Gasteiger partial charge in [0.25, 0.3) is 0 Å². The average Bonchev–Trinajstić information content (AvgIpc) is 4.17. The van der Waals surface area contributed by atoms with Gasteiger partial charge in [0.2, 0.25) is 0 Å². The smallest absolute Gasteiger partial charge is 0.0541 e. The average molecular weight is 1030 g/mol. The predicted octanol–water partition coefficient (Wildman–Crippen LogP) is 22.4. The van der Waals surface area contributed by atoms with Crippen molar-refractivity contribution >= 4 is 118 Å². The number of hydrogen-bond acceptors (Lipinski definition) is 1. The zero-order chi connectivity index (χ0) is 52.4. The summed E-state index contributed by atoms with van der Waals surface area (Å²) in [5.41, 5.74) is 15.9. The lowest BCUT2D eigenvalue weighted by Gasteiger charge is -2.18. The van der Waals surface area contributed by atoms with Crippen LogP contribution in [0, 0.1) is 0 Å². The van der Waals surface area contributed by atoms with Crippen LogP contribution in [0.4, 0.5) is 0 Å². The summed E-state index contributed by atoms with van der Waals surface area (Å²) < 4.78 is 5.03. The minimum absolute atomic E-state index is 1.13. The van der Waals surface area contributed by atoms with E-state index in [0.29, 0.717) is 0 Å². The maximum absolute atomic E-state index is 2.48. The summed E-state index contributed by atoms with van der Waals surface area (Å²) in [5.74, 6) is 0. The van der Waals surface area contributed by atoms with E-state index in [2.05, 4.69) is 290 Å². The van der Waals surface area contributed by atoms with Gasteiger partial charge in [-0.05, 0) is 181 Å². The number of rotatable bonds is 6. The summed E-state index contributed by atoms with van der Waals surface area (Å²) in [6.07, 6.45) is 0. The van der Waals surface area contributed by atoms with E-state index < -0.39 is 0 Å². The van der Waals surface area contributed by atoms with E-state index in [1.807, 2.05) is 11.3 Å². The van der Waals surface area contributed by atoms with Crippen LogP contribution in [0.3, 0.4) is 0 Å². The second-order valence-corrected chi connectivity index (χ2v) is 22.5. The molecule has 370 valence electrons. The second kappa shape index (κ2) is 17.7. The van der Waals surface area contributed by atoms with Gasteiger partial charge in [-0.25, -0.2) is 0 Å². The molecule has 15 aromatic carbocycles. The fourth-order valence-corrected chi connectivity index (χ4v) is 14.8. The minimum Gasteiger partial charge on any atom is -0.309 e. The van der Waals surface area contributed by atoms with E-state index in [4.69, 9.17) is 0 Å². The Morgan fingerprint density at radius 2 is 0.650 bits per heavy atom. The third-order valence-corrected chi connectivity index (χ3v) is 18.3. The first-order chi connectivity index (χ1) is 39.7. The predicted molar refractivity (Wildman–Crippen MR) is 346 cm³/mol. The summed E-state index contributed by atoms with van der Waals surface area (Å²) in [6.45, 7) is 0. The van der Waals surface area contributed by atoms with E-state index in [1.165, 1.54) is 162 Å². The number of aromatic nitrogens is 1. The molecule has 0 saturated heterocycles. The molecule has 80 heavy (non-hydrogen) atoms. The van der Waals surface area contributed by atoms with Crippen molar-refractivity contribution < 1.29 is 0 Å². The topological polar surface area (TPSA) is 4.93 Å². The van der Waals surface area contributed by atoms with E-state index in [1.54, 1.807) is 0 Å². The molecule has 0 saturated carbocycles. The Balaban J connectivity index is 0.858. The Labute approximate surface area is 466 Å². The number of para-hydroxylation sites is 1. The molecule has 0 aliphatic heterocycles. The van der Waals surface area contributed by atoms with Crippen molar-refractivity contribution in [2.75, 3.05) is 0 Å². The van der Waals surface area contributed by atoms with Gasteiger partial charge in [0, 0.05) is 42.2 Å². The maximum Gasteiger partial charge on any atom is 0.0541 e. The van der Waals surface area contributed by atoms with Gasteiger partial charge in [-0.3, -0.25) is 0 Å². The molecule has 2 heteroatoms. The summed E-state index contributed by atoms with van der Waals surface area (Å²) in [5, 5.41) is 20.2. The van der Waals surface area contributed by atoms with Crippen LogP contribution < -0.4 is 0 Å². The fraction of sp³-hybridized carbons (Fsp3) is 0. The number of benzene rings is 15. The van der Waals surface area contributed by atoms with Gasteiger partial charge in [-0.15, -0.1) is 11.3 Å². The number of thiophene rings is 1. The van der Waals surface area contributed by atoms with Crippen LogP contribution in [0.1, 0.15) is 0 Å². The third kappa shape index (κ3) is 6.83. The molecular formula is C78H47NS. The van der Waals surface area contributed by atoms with E-state index in [-0.39, 0.29) is 0 Å². The highest BCUT2D eigenvalue weighted by atomic mass is 32.1. The number of fused-ring (bicyclic) bond motifs is 14. The van der Waals surface area contributed by atoms with Crippen molar-refractivity contribution in [3.8, 4) is 61.3 Å². The summed E-state index contributed by atoms with van der Waals surface area (Å²) >= 11 is 1.91. The van der Waals surface area contributed by atoms with Crippen LogP contribution in [0.2, 0.25) is 0 Å². The Hall–Kier alpha value is -10.1. The summed E-state index contributed by atoms with van der Waals surface area (Å²) in [6, 6.07) is 106. The van der Waals surface area contributed by atoms with Gasteiger partial charge in [-0.2, -0.15) is 0 Å². The molecule has 2 heterocycles. The highest BCUT2D eigenvalue weighted by molar-refractivity contribution is 7.26. The largest absolute Gasteiger partial charge is 0.309 e. The zero-order valence-electron chi connectivity index (χ0n) is 43.5. The molecule has 2 aromatic heterocycles. The number of nitrogens with zero attached hydrogens (tertiary/aromatic N) is 1. The van der Waals surface area contributed by atoms with Crippen LogP contribution in [0.15, 0.2) is 285 Å². The van der Waals surface area contributed by atoms with Gasteiger partial charge in [0.1, 0.15) is 0 Å². The van der Waals surface area contributed by atoms with Crippen molar-refractivity contribution in [3.63, 3.8) is 0 Å². The minimum atomic E-state index is 1.13. The zero-order valence-corrected chi connectivity index (χ0v) is 44.3. The molecule has 0 fully saturated rings.